The third-order valence-corrected chi connectivity index (χ3v) is 4.20. The van der Waals surface area contributed by atoms with E-state index >= 15 is 0 Å². The number of alkyl halides is 2. The lowest BCUT2D eigenvalue weighted by Crippen LogP contribution is -2.25. The van der Waals surface area contributed by atoms with Gasteiger partial charge in [-0.05, 0) is 30.9 Å². The number of rotatable bonds is 8. The molecule has 0 aliphatic heterocycles. The molecule has 0 spiro atoms. The molecule has 6 heteroatoms. The fourth-order valence-corrected chi connectivity index (χ4v) is 3.05. The molecule has 0 unspecified atom stereocenters. The van der Waals surface area contributed by atoms with Gasteiger partial charge in [0.25, 0.3) is 5.91 Å². The number of carbonyl (C=O) groups is 1. The number of hydrogen-bond acceptors (Lipinski definition) is 3. The van der Waals surface area contributed by atoms with Crippen molar-refractivity contribution in [2.24, 2.45) is 5.92 Å². The largest absolute Gasteiger partial charge is 0.493 e. The Kier molecular flexibility index (Phi) is 6.62. The van der Waals surface area contributed by atoms with E-state index in [1.807, 2.05) is 0 Å². The highest BCUT2D eigenvalue weighted by atomic mass is 19.3. The molecule has 23 heavy (non-hydrogen) atoms. The third-order valence-electron chi connectivity index (χ3n) is 4.20. The second kappa shape index (κ2) is 8.70. The molecule has 0 saturated heterocycles. The molecule has 1 aliphatic carbocycles. The fourth-order valence-electron chi connectivity index (χ4n) is 3.05. The molecule has 1 amide bonds. The molecule has 1 aliphatic rings. The van der Waals surface area contributed by atoms with Crippen LogP contribution >= 0.6 is 0 Å². The summed E-state index contributed by atoms with van der Waals surface area (Å²) in [6, 6.07) is 4.51. The average Bonchev–Trinajstić information content (AvgIpc) is 3.04. The smallest absolute Gasteiger partial charge is 0.387 e. The zero-order chi connectivity index (χ0) is 16.7. The van der Waals surface area contributed by atoms with E-state index in [-0.39, 0.29) is 17.1 Å². The molecular formula is C17H23F2NO3. The molecule has 1 aromatic carbocycles. The lowest BCUT2D eigenvalue weighted by molar-refractivity contribution is -0.0515. The number of para-hydroxylation sites is 1. The van der Waals surface area contributed by atoms with Crippen molar-refractivity contribution in [2.75, 3.05) is 13.7 Å². The molecule has 1 N–H and O–H groups in total. The van der Waals surface area contributed by atoms with Gasteiger partial charge in [0.2, 0.25) is 0 Å². The number of benzene rings is 1. The van der Waals surface area contributed by atoms with Crippen molar-refractivity contribution in [3.8, 4) is 11.5 Å². The summed E-state index contributed by atoms with van der Waals surface area (Å²) in [7, 11) is 1.34. The lowest BCUT2D eigenvalue weighted by Gasteiger charge is -2.14. The summed E-state index contributed by atoms with van der Waals surface area (Å²) in [5.74, 6) is 0.231. The Hall–Kier alpha value is -1.85. The molecule has 0 bridgehead atoms. The Morgan fingerprint density at radius 2 is 2.09 bits per heavy atom. The first-order chi connectivity index (χ1) is 11.1. The highest BCUT2D eigenvalue weighted by Crippen LogP contribution is 2.32. The van der Waals surface area contributed by atoms with E-state index in [2.05, 4.69) is 10.1 Å². The van der Waals surface area contributed by atoms with Crippen molar-refractivity contribution >= 4 is 5.91 Å². The molecule has 1 fully saturated rings. The standard InChI is InChI=1S/C17H23F2NO3/c1-22-14-10-4-9-13(15(14)23-17(18)19)16(21)20-11-5-8-12-6-2-3-7-12/h4,9-10,12,17H,2-3,5-8,11H2,1H3,(H,20,21). The zero-order valence-electron chi connectivity index (χ0n) is 13.3. The molecular weight excluding hydrogens is 304 g/mol. The van der Waals surface area contributed by atoms with Gasteiger partial charge in [0.15, 0.2) is 11.5 Å². The van der Waals surface area contributed by atoms with Gasteiger partial charge in [0, 0.05) is 6.54 Å². The maximum atomic E-state index is 12.6. The van der Waals surface area contributed by atoms with Crippen molar-refractivity contribution in [2.45, 2.75) is 45.1 Å². The van der Waals surface area contributed by atoms with Crippen LogP contribution in [-0.4, -0.2) is 26.2 Å². The van der Waals surface area contributed by atoms with Crippen molar-refractivity contribution < 1.29 is 23.0 Å². The van der Waals surface area contributed by atoms with Crippen molar-refractivity contribution in [1.29, 1.82) is 0 Å². The quantitative estimate of drug-likeness (QED) is 0.734. The van der Waals surface area contributed by atoms with Crippen LogP contribution in [0, 0.1) is 5.92 Å². The van der Waals surface area contributed by atoms with Gasteiger partial charge < -0.3 is 14.8 Å². The Balaban J connectivity index is 1.92. The summed E-state index contributed by atoms with van der Waals surface area (Å²) in [6.07, 6.45) is 7.14. The Morgan fingerprint density at radius 3 is 2.74 bits per heavy atom. The second-order valence-electron chi connectivity index (χ2n) is 5.76. The van der Waals surface area contributed by atoms with Crippen LogP contribution in [0.2, 0.25) is 0 Å². The summed E-state index contributed by atoms with van der Waals surface area (Å²) in [5.41, 5.74) is 0.0607. The van der Waals surface area contributed by atoms with Gasteiger partial charge in [0.1, 0.15) is 0 Å². The van der Waals surface area contributed by atoms with Gasteiger partial charge >= 0.3 is 6.61 Å². The van der Waals surface area contributed by atoms with Crippen molar-refractivity contribution in [1.82, 2.24) is 5.32 Å². The molecule has 0 aromatic heterocycles. The van der Waals surface area contributed by atoms with Crippen LogP contribution in [0.3, 0.4) is 0 Å². The van der Waals surface area contributed by atoms with E-state index in [0.29, 0.717) is 6.54 Å². The number of hydrogen-bond donors (Lipinski definition) is 1. The Labute approximate surface area is 135 Å². The van der Waals surface area contributed by atoms with Crippen molar-refractivity contribution in [3.05, 3.63) is 23.8 Å². The molecule has 128 valence electrons. The minimum Gasteiger partial charge on any atom is -0.493 e. The van der Waals surface area contributed by atoms with Crippen molar-refractivity contribution in [3.63, 3.8) is 0 Å². The maximum absolute atomic E-state index is 12.6. The van der Waals surface area contributed by atoms with Gasteiger partial charge in [-0.25, -0.2) is 0 Å². The predicted molar refractivity (Wildman–Crippen MR) is 83.2 cm³/mol. The highest BCUT2D eigenvalue weighted by Gasteiger charge is 2.20. The average molecular weight is 327 g/mol. The van der Waals surface area contributed by atoms with Gasteiger partial charge in [0.05, 0.1) is 12.7 Å². The van der Waals surface area contributed by atoms with Crippen LogP contribution in [-0.2, 0) is 0 Å². The van der Waals surface area contributed by atoms with E-state index < -0.39 is 12.5 Å². The van der Waals surface area contributed by atoms with Crippen LogP contribution in [0.5, 0.6) is 11.5 Å². The van der Waals surface area contributed by atoms with Gasteiger partial charge in [-0.3, -0.25) is 4.79 Å². The van der Waals surface area contributed by atoms with Crippen LogP contribution in [0.15, 0.2) is 18.2 Å². The number of ether oxygens (including phenoxy) is 2. The van der Waals surface area contributed by atoms with E-state index in [4.69, 9.17) is 4.74 Å². The van der Waals surface area contributed by atoms with Crippen LogP contribution in [0.25, 0.3) is 0 Å². The van der Waals surface area contributed by atoms with Gasteiger partial charge in [-0.1, -0.05) is 31.7 Å². The highest BCUT2D eigenvalue weighted by molar-refractivity contribution is 5.97. The summed E-state index contributed by atoms with van der Waals surface area (Å²) in [4.78, 5) is 12.2. The fraction of sp³-hybridized carbons (Fsp3) is 0.588. The minimum absolute atomic E-state index is 0.0607. The van der Waals surface area contributed by atoms with E-state index in [1.54, 1.807) is 6.07 Å². The topological polar surface area (TPSA) is 47.6 Å². The molecule has 4 nitrogen and oxygen atoms in total. The summed E-state index contributed by atoms with van der Waals surface area (Å²) >= 11 is 0. The van der Waals surface area contributed by atoms with E-state index in [9.17, 15) is 13.6 Å². The first kappa shape index (κ1) is 17.5. The first-order valence-electron chi connectivity index (χ1n) is 8.02. The Bertz CT molecular complexity index is 517. The third kappa shape index (κ3) is 5.08. The maximum Gasteiger partial charge on any atom is 0.387 e. The first-order valence-corrected chi connectivity index (χ1v) is 8.02. The zero-order valence-corrected chi connectivity index (χ0v) is 13.3. The summed E-state index contributed by atoms with van der Waals surface area (Å²) in [5, 5.41) is 2.77. The normalized spacial score (nSPS) is 15.0. The monoisotopic (exact) mass is 327 g/mol. The summed E-state index contributed by atoms with van der Waals surface area (Å²) < 4.78 is 34.5. The molecule has 0 heterocycles. The molecule has 0 radical (unpaired) electrons. The van der Waals surface area contributed by atoms with Crippen LogP contribution in [0.1, 0.15) is 48.9 Å². The SMILES string of the molecule is COc1cccc(C(=O)NCCCC2CCCC2)c1OC(F)F. The van der Waals surface area contributed by atoms with Crippen LogP contribution < -0.4 is 14.8 Å². The van der Waals surface area contributed by atoms with Crippen LogP contribution in [0.4, 0.5) is 8.78 Å². The number of methoxy groups -OCH3 is 1. The lowest BCUT2D eigenvalue weighted by atomic mass is 10.0. The summed E-state index contributed by atoms with van der Waals surface area (Å²) in [6.45, 7) is -2.49. The van der Waals surface area contributed by atoms with Gasteiger partial charge in [-0.15, -0.1) is 0 Å². The Morgan fingerprint density at radius 1 is 1.35 bits per heavy atom. The van der Waals surface area contributed by atoms with Gasteiger partial charge in [-0.2, -0.15) is 8.78 Å². The molecule has 0 atom stereocenters. The molecule has 1 aromatic rings. The molecule has 2 rings (SSSR count). The predicted octanol–water partition coefficient (Wildman–Crippen LogP) is 4.00. The minimum atomic E-state index is -3.01. The number of carbonyl (C=O) groups excluding carboxylic acids is 1. The molecule has 1 saturated carbocycles. The number of amides is 1. The van der Waals surface area contributed by atoms with E-state index in [1.165, 1.54) is 44.9 Å². The number of halogens is 2. The second-order valence-corrected chi connectivity index (χ2v) is 5.76. The van der Waals surface area contributed by atoms with E-state index in [0.717, 1.165) is 18.8 Å². The number of nitrogens with one attached hydrogen (secondary N) is 1.